The lowest BCUT2D eigenvalue weighted by Crippen LogP contribution is -2.25. The van der Waals surface area contributed by atoms with Crippen LogP contribution in [-0.2, 0) is 4.74 Å². The Morgan fingerprint density at radius 1 is 0.852 bits per heavy atom. The quantitative estimate of drug-likeness (QED) is 0.544. The fourth-order valence-corrected chi connectivity index (χ4v) is 2.67. The summed E-state index contributed by atoms with van der Waals surface area (Å²) in [6, 6.07) is 8.48. The second kappa shape index (κ2) is 8.58. The molecule has 2 rings (SSSR count). The molecule has 144 valence electrons. The van der Waals surface area contributed by atoms with Gasteiger partial charge >= 0.3 is 5.97 Å². The third-order valence-electron chi connectivity index (χ3n) is 4.37. The van der Waals surface area contributed by atoms with Crippen molar-refractivity contribution in [1.29, 1.82) is 0 Å². The molecule has 0 fully saturated rings. The lowest BCUT2D eigenvalue weighted by atomic mass is 10.0. The monoisotopic (exact) mass is 372 g/mol. The normalized spacial score (nSPS) is 11.5. The zero-order valence-corrected chi connectivity index (χ0v) is 16.4. The predicted molar refractivity (Wildman–Crippen MR) is 101 cm³/mol. The van der Waals surface area contributed by atoms with Crippen molar-refractivity contribution in [1.82, 2.24) is 0 Å². The number of hydrogen-bond donors (Lipinski definition) is 0. The molecule has 1 atom stereocenters. The minimum absolute atomic E-state index is 0.148. The van der Waals surface area contributed by atoms with Gasteiger partial charge in [-0.25, -0.2) is 4.79 Å². The van der Waals surface area contributed by atoms with E-state index in [2.05, 4.69) is 0 Å². The molecule has 0 bridgehead atoms. The van der Waals surface area contributed by atoms with E-state index in [1.54, 1.807) is 25.1 Å². The summed E-state index contributed by atoms with van der Waals surface area (Å²) >= 11 is 0. The number of carbonyl (C=O) groups is 2. The number of methoxy groups -OCH3 is 3. The smallest absolute Gasteiger partial charge is 0.342 e. The van der Waals surface area contributed by atoms with Crippen molar-refractivity contribution < 1.29 is 28.5 Å². The maximum atomic E-state index is 12.6. The van der Waals surface area contributed by atoms with Gasteiger partial charge in [0, 0.05) is 5.56 Å². The van der Waals surface area contributed by atoms with E-state index in [4.69, 9.17) is 18.9 Å². The average molecular weight is 372 g/mol. The molecule has 6 heteroatoms. The molecule has 27 heavy (non-hydrogen) atoms. The maximum Gasteiger partial charge on any atom is 0.342 e. The molecule has 0 N–H and O–H groups in total. The van der Waals surface area contributed by atoms with Gasteiger partial charge < -0.3 is 18.9 Å². The van der Waals surface area contributed by atoms with Gasteiger partial charge in [-0.2, -0.15) is 0 Å². The van der Waals surface area contributed by atoms with Crippen LogP contribution in [0.1, 0.15) is 38.8 Å². The molecule has 0 amide bonds. The van der Waals surface area contributed by atoms with Crippen LogP contribution in [0.4, 0.5) is 0 Å². The Bertz CT molecular complexity index is 856. The predicted octanol–water partition coefficient (Wildman–Crippen LogP) is 3.76. The summed E-state index contributed by atoms with van der Waals surface area (Å²) in [5.74, 6) is -0.0659. The first-order valence-corrected chi connectivity index (χ1v) is 8.45. The molecule has 0 aliphatic rings. The summed E-state index contributed by atoms with van der Waals surface area (Å²) in [6.45, 7) is 5.44. The standard InChI is InChI=1S/C21H24O6/c1-12-7-8-15(11-13(12)2)18(22)14(3)27-21(23)16-9-10-17(24-4)20(26-6)19(16)25-5/h7-11,14H,1-6H3/t14-/m0/s1. The molecule has 0 spiro atoms. The first kappa shape index (κ1) is 20.3. The highest BCUT2D eigenvalue weighted by Gasteiger charge is 2.25. The fourth-order valence-electron chi connectivity index (χ4n) is 2.67. The number of Topliss-reactive ketones (excluding diaryl/α,β-unsaturated/α-hetero) is 1. The Kier molecular flexibility index (Phi) is 6.45. The van der Waals surface area contributed by atoms with Crippen LogP contribution in [0.3, 0.4) is 0 Å². The number of benzene rings is 2. The Morgan fingerprint density at radius 3 is 2.07 bits per heavy atom. The van der Waals surface area contributed by atoms with Crippen LogP contribution in [0.2, 0.25) is 0 Å². The van der Waals surface area contributed by atoms with Gasteiger partial charge in [-0.1, -0.05) is 12.1 Å². The highest BCUT2D eigenvalue weighted by atomic mass is 16.6. The van der Waals surface area contributed by atoms with Crippen molar-refractivity contribution in [2.45, 2.75) is 26.9 Å². The number of esters is 1. The summed E-state index contributed by atoms with van der Waals surface area (Å²) in [5, 5.41) is 0. The second-order valence-electron chi connectivity index (χ2n) is 6.09. The molecule has 0 aromatic heterocycles. The van der Waals surface area contributed by atoms with E-state index in [-0.39, 0.29) is 22.8 Å². The van der Waals surface area contributed by atoms with Gasteiger partial charge in [0.1, 0.15) is 5.56 Å². The number of hydrogen-bond acceptors (Lipinski definition) is 6. The molecule has 0 unspecified atom stereocenters. The molecule has 0 saturated heterocycles. The Hall–Kier alpha value is -3.02. The van der Waals surface area contributed by atoms with Crippen LogP contribution in [0, 0.1) is 13.8 Å². The zero-order valence-electron chi connectivity index (χ0n) is 16.4. The maximum absolute atomic E-state index is 12.6. The first-order chi connectivity index (χ1) is 12.8. The van der Waals surface area contributed by atoms with E-state index >= 15 is 0 Å². The van der Waals surface area contributed by atoms with Gasteiger partial charge in [-0.15, -0.1) is 0 Å². The molecule has 0 heterocycles. The highest BCUT2D eigenvalue weighted by molar-refractivity contribution is 6.02. The molecule has 2 aromatic carbocycles. The van der Waals surface area contributed by atoms with Crippen LogP contribution >= 0.6 is 0 Å². The number of ketones is 1. The van der Waals surface area contributed by atoms with Gasteiger partial charge in [0.25, 0.3) is 0 Å². The van der Waals surface area contributed by atoms with Gasteiger partial charge in [0.15, 0.2) is 17.6 Å². The van der Waals surface area contributed by atoms with Crippen LogP contribution < -0.4 is 14.2 Å². The van der Waals surface area contributed by atoms with Gasteiger partial charge in [0.05, 0.1) is 21.3 Å². The third kappa shape index (κ3) is 4.22. The van der Waals surface area contributed by atoms with E-state index in [1.165, 1.54) is 27.4 Å². The molecule has 0 aliphatic heterocycles. The molecule has 6 nitrogen and oxygen atoms in total. The number of rotatable bonds is 7. The van der Waals surface area contributed by atoms with E-state index in [9.17, 15) is 9.59 Å². The summed E-state index contributed by atoms with van der Waals surface area (Å²) < 4.78 is 21.1. The van der Waals surface area contributed by atoms with E-state index in [0.717, 1.165) is 11.1 Å². The zero-order chi connectivity index (χ0) is 20.1. The van der Waals surface area contributed by atoms with Crippen molar-refractivity contribution >= 4 is 11.8 Å². The number of carbonyl (C=O) groups excluding carboxylic acids is 2. The largest absolute Gasteiger partial charge is 0.493 e. The molecule has 0 saturated carbocycles. The number of aryl methyl sites for hydroxylation is 2. The van der Waals surface area contributed by atoms with E-state index in [0.29, 0.717) is 11.3 Å². The Balaban J connectivity index is 2.25. The fraction of sp³-hybridized carbons (Fsp3) is 0.333. The lowest BCUT2D eigenvalue weighted by molar-refractivity contribution is 0.0315. The molecular formula is C21H24O6. The van der Waals surface area contributed by atoms with Gasteiger partial charge in [-0.3, -0.25) is 4.79 Å². The second-order valence-corrected chi connectivity index (χ2v) is 6.09. The van der Waals surface area contributed by atoms with Crippen LogP contribution in [0.25, 0.3) is 0 Å². The van der Waals surface area contributed by atoms with Crippen molar-refractivity contribution in [2.24, 2.45) is 0 Å². The minimum Gasteiger partial charge on any atom is -0.493 e. The summed E-state index contributed by atoms with van der Waals surface area (Å²) in [6.07, 6.45) is -0.947. The van der Waals surface area contributed by atoms with Crippen molar-refractivity contribution in [3.8, 4) is 17.2 Å². The topological polar surface area (TPSA) is 71.1 Å². The molecular weight excluding hydrogens is 348 g/mol. The SMILES string of the molecule is COc1ccc(C(=O)O[C@@H](C)C(=O)c2ccc(C)c(C)c2)c(OC)c1OC. The summed E-state index contributed by atoms with van der Waals surface area (Å²) in [4.78, 5) is 25.2. The minimum atomic E-state index is -0.947. The van der Waals surface area contributed by atoms with Crippen molar-refractivity contribution in [3.63, 3.8) is 0 Å². The van der Waals surface area contributed by atoms with Crippen LogP contribution in [0.15, 0.2) is 30.3 Å². The summed E-state index contributed by atoms with van der Waals surface area (Å²) in [5.41, 5.74) is 2.74. The summed E-state index contributed by atoms with van der Waals surface area (Å²) in [7, 11) is 4.35. The van der Waals surface area contributed by atoms with Crippen molar-refractivity contribution in [3.05, 3.63) is 52.6 Å². The highest BCUT2D eigenvalue weighted by Crippen LogP contribution is 2.40. The van der Waals surface area contributed by atoms with Crippen molar-refractivity contribution in [2.75, 3.05) is 21.3 Å². The van der Waals surface area contributed by atoms with Gasteiger partial charge in [0.2, 0.25) is 11.5 Å². The lowest BCUT2D eigenvalue weighted by Gasteiger charge is -2.17. The first-order valence-electron chi connectivity index (χ1n) is 8.45. The third-order valence-corrected chi connectivity index (χ3v) is 4.37. The van der Waals surface area contributed by atoms with Gasteiger partial charge in [-0.05, 0) is 50.1 Å². The van der Waals surface area contributed by atoms with E-state index in [1.807, 2.05) is 19.9 Å². The van der Waals surface area contributed by atoms with E-state index < -0.39 is 12.1 Å². The number of ether oxygens (including phenoxy) is 4. The average Bonchev–Trinajstić information content (AvgIpc) is 2.67. The van der Waals surface area contributed by atoms with Crippen LogP contribution in [0.5, 0.6) is 17.2 Å². The molecule has 2 aromatic rings. The Morgan fingerprint density at radius 2 is 1.52 bits per heavy atom. The Labute approximate surface area is 159 Å². The molecule has 0 aliphatic carbocycles. The van der Waals surface area contributed by atoms with Crippen LogP contribution in [-0.4, -0.2) is 39.2 Å². The molecule has 0 radical (unpaired) electrons.